The first kappa shape index (κ1) is 9.66. The van der Waals surface area contributed by atoms with Crippen LogP contribution in [0.2, 0.25) is 0 Å². The van der Waals surface area contributed by atoms with Gasteiger partial charge >= 0.3 is 0 Å². The zero-order valence-corrected chi connectivity index (χ0v) is 8.88. The Balaban J connectivity index is 2.49. The van der Waals surface area contributed by atoms with Crippen LogP contribution >= 0.6 is 0 Å². The van der Waals surface area contributed by atoms with Gasteiger partial charge in [0.15, 0.2) is 0 Å². The topological polar surface area (TPSA) is 33.1 Å². The summed E-state index contributed by atoms with van der Waals surface area (Å²) in [6, 6.07) is 2.19. The highest BCUT2D eigenvalue weighted by atomic mass is 16.3. The van der Waals surface area contributed by atoms with Crippen LogP contribution in [0.3, 0.4) is 0 Å². The van der Waals surface area contributed by atoms with E-state index in [-0.39, 0.29) is 6.10 Å². The predicted molar refractivity (Wildman–Crippen MR) is 56.2 cm³/mol. The fourth-order valence-corrected chi connectivity index (χ4v) is 2.06. The Morgan fingerprint density at radius 3 is 2.93 bits per heavy atom. The molecule has 0 spiro atoms. The van der Waals surface area contributed by atoms with Gasteiger partial charge in [0.1, 0.15) is 0 Å². The molecule has 1 aromatic rings. The number of aliphatic hydroxyl groups is 1. The van der Waals surface area contributed by atoms with Gasteiger partial charge < -0.3 is 5.11 Å². The molecule has 2 rings (SSSR count). The maximum atomic E-state index is 9.89. The fraction of sp³-hybridized carbons (Fsp3) is 0.583. The molecule has 0 radical (unpaired) electrons. The summed E-state index contributed by atoms with van der Waals surface area (Å²) in [5, 5.41) is 9.89. The Kier molecular flexibility index (Phi) is 2.55. The molecule has 0 saturated heterocycles. The second kappa shape index (κ2) is 3.70. The Hall–Kier alpha value is -0.890. The highest BCUT2D eigenvalue weighted by Gasteiger charge is 2.18. The molecule has 2 heteroatoms. The van der Waals surface area contributed by atoms with E-state index in [2.05, 4.69) is 18.0 Å². The van der Waals surface area contributed by atoms with Gasteiger partial charge in [0.2, 0.25) is 0 Å². The molecule has 0 amide bonds. The number of aromatic nitrogens is 1. The van der Waals surface area contributed by atoms with E-state index in [1.807, 2.05) is 6.92 Å². The van der Waals surface area contributed by atoms with Crippen molar-refractivity contribution < 1.29 is 5.11 Å². The average molecular weight is 191 g/mol. The summed E-state index contributed by atoms with van der Waals surface area (Å²) < 4.78 is 0. The van der Waals surface area contributed by atoms with E-state index in [1.165, 1.54) is 17.5 Å². The maximum absolute atomic E-state index is 9.89. The summed E-state index contributed by atoms with van der Waals surface area (Å²) in [5.74, 6) is 0. The van der Waals surface area contributed by atoms with Crippen molar-refractivity contribution in [3.05, 3.63) is 28.6 Å². The Morgan fingerprint density at radius 1 is 1.36 bits per heavy atom. The fourth-order valence-electron chi connectivity index (χ4n) is 2.06. The molecule has 1 aromatic heterocycles. The molecule has 2 nitrogen and oxygen atoms in total. The van der Waals surface area contributed by atoms with Crippen LogP contribution in [0, 0.1) is 13.8 Å². The van der Waals surface area contributed by atoms with E-state index in [9.17, 15) is 5.11 Å². The third-order valence-corrected chi connectivity index (χ3v) is 3.07. The molecular weight excluding hydrogens is 174 g/mol. The minimum Gasteiger partial charge on any atom is -0.387 e. The van der Waals surface area contributed by atoms with Crippen LogP contribution in [0.15, 0.2) is 6.07 Å². The van der Waals surface area contributed by atoms with Gasteiger partial charge in [-0.25, -0.2) is 0 Å². The maximum Gasteiger partial charge on any atom is 0.0962 e. The summed E-state index contributed by atoms with van der Waals surface area (Å²) in [7, 11) is 0. The van der Waals surface area contributed by atoms with Gasteiger partial charge in [0.05, 0.1) is 11.8 Å². The molecule has 1 aliphatic rings. The second-order valence-corrected chi connectivity index (χ2v) is 4.20. The molecule has 0 bridgehead atoms. The summed E-state index contributed by atoms with van der Waals surface area (Å²) in [6.45, 7) is 4.09. The first-order valence-electron chi connectivity index (χ1n) is 5.33. The van der Waals surface area contributed by atoms with E-state index in [0.717, 1.165) is 30.7 Å². The summed E-state index contributed by atoms with van der Waals surface area (Å²) in [5.41, 5.74) is 4.45. The van der Waals surface area contributed by atoms with Crippen LogP contribution < -0.4 is 0 Å². The van der Waals surface area contributed by atoms with Gasteiger partial charge in [0, 0.05) is 5.69 Å². The molecule has 0 saturated carbocycles. The highest BCUT2D eigenvalue weighted by Crippen LogP contribution is 2.28. The van der Waals surface area contributed by atoms with Crippen molar-refractivity contribution in [3.63, 3.8) is 0 Å². The largest absolute Gasteiger partial charge is 0.387 e. The lowest BCUT2D eigenvalue weighted by atomic mass is 10.0. The Labute approximate surface area is 85.0 Å². The van der Waals surface area contributed by atoms with Gasteiger partial charge in [-0.3, -0.25) is 4.98 Å². The van der Waals surface area contributed by atoms with Gasteiger partial charge in [0.25, 0.3) is 0 Å². The number of hydrogen-bond donors (Lipinski definition) is 1. The molecule has 1 aliphatic carbocycles. The number of nitrogens with zero attached hydrogens (tertiary/aromatic N) is 1. The van der Waals surface area contributed by atoms with Crippen LogP contribution in [0.5, 0.6) is 0 Å². The molecule has 14 heavy (non-hydrogen) atoms. The lowest BCUT2D eigenvalue weighted by Crippen LogP contribution is -2.04. The summed E-state index contributed by atoms with van der Waals surface area (Å²) >= 11 is 0. The predicted octanol–water partition coefficient (Wildman–Crippen LogP) is 2.46. The van der Waals surface area contributed by atoms with Crippen LogP contribution in [-0.2, 0) is 6.42 Å². The van der Waals surface area contributed by atoms with Gasteiger partial charge in [-0.05, 0) is 44.2 Å². The van der Waals surface area contributed by atoms with Crippen molar-refractivity contribution in [1.82, 2.24) is 4.98 Å². The summed E-state index contributed by atoms with van der Waals surface area (Å²) in [6.07, 6.45) is 3.87. The Morgan fingerprint density at radius 2 is 2.14 bits per heavy atom. The van der Waals surface area contributed by atoms with Crippen molar-refractivity contribution in [1.29, 1.82) is 0 Å². The third kappa shape index (κ3) is 1.67. The van der Waals surface area contributed by atoms with Crippen LogP contribution in [0.4, 0.5) is 0 Å². The minimum atomic E-state index is -0.341. The molecule has 76 valence electrons. The number of rotatable bonds is 0. The van der Waals surface area contributed by atoms with Crippen molar-refractivity contribution >= 4 is 0 Å². The number of aliphatic hydroxyl groups excluding tert-OH is 1. The molecule has 0 fully saturated rings. The normalized spacial score (nSPS) is 21.5. The first-order chi connectivity index (χ1) is 6.68. The van der Waals surface area contributed by atoms with Crippen molar-refractivity contribution in [2.24, 2.45) is 0 Å². The van der Waals surface area contributed by atoms with Crippen LogP contribution in [-0.4, -0.2) is 10.1 Å². The van der Waals surface area contributed by atoms with E-state index in [1.54, 1.807) is 0 Å². The molecule has 0 aliphatic heterocycles. The lowest BCUT2D eigenvalue weighted by Gasteiger charge is -2.12. The van der Waals surface area contributed by atoms with Crippen molar-refractivity contribution in [2.75, 3.05) is 0 Å². The Bertz CT molecular complexity index is 346. The van der Waals surface area contributed by atoms with Crippen molar-refractivity contribution in [3.8, 4) is 0 Å². The monoisotopic (exact) mass is 191 g/mol. The summed E-state index contributed by atoms with van der Waals surface area (Å²) in [4.78, 5) is 4.50. The highest BCUT2D eigenvalue weighted by molar-refractivity contribution is 5.31. The zero-order valence-electron chi connectivity index (χ0n) is 8.88. The zero-order chi connectivity index (χ0) is 10.1. The average Bonchev–Trinajstić information content (AvgIpc) is 2.31. The van der Waals surface area contributed by atoms with E-state index >= 15 is 0 Å². The third-order valence-electron chi connectivity index (χ3n) is 3.07. The number of fused-ring (bicyclic) bond motifs is 1. The van der Waals surface area contributed by atoms with Gasteiger partial charge in [-0.2, -0.15) is 0 Å². The smallest absolute Gasteiger partial charge is 0.0962 e. The number of aryl methyl sites for hydroxylation is 3. The molecule has 1 atom stereocenters. The molecule has 1 N–H and O–H groups in total. The molecule has 1 unspecified atom stereocenters. The number of pyridine rings is 1. The van der Waals surface area contributed by atoms with Gasteiger partial charge in [-0.15, -0.1) is 0 Å². The van der Waals surface area contributed by atoms with Gasteiger partial charge in [-0.1, -0.05) is 12.5 Å². The van der Waals surface area contributed by atoms with E-state index < -0.39 is 0 Å². The molecule has 0 aromatic carbocycles. The van der Waals surface area contributed by atoms with E-state index in [0.29, 0.717) is 0 Å². The minimum absolute atomic E-state index is 0.341. The standard InChI is InChI=1S/C12H17NO/c1-8-7-10-5-3-4-6-11(14)12(10)13-9(8)2/h7,11,14H,3-6H2,1-2H3. The second-order valence-electron chi connectivity index (χ2n) is 4.20. The molecule has 1 heterocycles. The SMILES string of the molecule is Cc1cc2c(nc1C)C(O)CCCC2. The molecular formula is C12H17NO. The van der Waals surface area contributed by atoms with Crippen molar-refractivity contribution in [2.45, 2.75) is 45.6 Å². The lowest BCUT2D eigenvalue weighted by molar-refractivity contribution is 0.162. The van der Waals surface area contributed by atoms with Crippen LogP contribution in [0.25, 0.3) is 0 Å². The quantitative estimate of drug-likeness (QED) is 0.639. The first-order valence-corrected chi connectivity index (χ1v) is 5.33. The van der Waals surface area contributed by atoms with E-state index in [4.69, 9.17) is 0 Å². The van der Waals surface area contributed by atoms with Crippen LogP contribution in [0.1, 0.15) is 47.9 Å². The number of hydrogen-bond acceptors (Lipinski definition) is 2.